The number of hydrogen-bond donors (Lipinski definition) is 2. The van der Waals surface area contributed by atoms with Gasteiger partial charge in [0, 0.05) is 12.3 Å². The van der Waals surface area contributed by atoms with Gasteiger partial charge in [-0.05, 0) is 62.0 Å². The molecule has 0 atom stereocenters. The zero-order valence-corrected chi connectivity index (χ0v) is 16.5. The average molecular weight is 382 g/mol. The smallest absolute Gasteiger partial charge is 0.250 e. The highest BCUT2D eigenvalue weighted by Gasteiger charge is 2.12. The molecule has 5 heteroatoms. The van der Waals surface area contributed by atoms with Crippen LogP contribution < -0.4 is 15.8 Å². The Morgan fingerprint density at radius 2 is 1.86 bits per heavy atom. The number of aromatic nitrogens is 1. The molecule has 1 aromatic heterocycles. The van der Waals surface area contributed by atoms with Gasteiger partial charge >= 0.3 is 0 Å². The lowest BCUT2D eigenvalue weighted by atomic mass is 9.86. The molecule has 28 heavy (non-hydrogen) atoms. The summed E-state index contributed by atoms with van der Waals surface area (Å²) in [5.74, 6) is 1.65. The van der Waals surface area contributed by atoms with Gasteiger partial charge in [-0.25, -0.2) is 4.98 Å². The third-order valence-corrected chi connectivity index (χ3v) is 5.45. The number of benzene rings is 1. The molecule has 3 rings (SSSR count). The van der Waals surface area contributed by atoms with Crippen LogP contribution in [0.4, 0.5) is 0 Å². The highest BCUT2D eigenvalue weighted by Crippen LogP contribution is 2.27. The molecule has 1 aliphatic carbocycles. The van der Waals surface area contributed by atoms with Gasteiger partial charge in [0.1, 0.15) is 5.75 Å². The first kappa shape index (κ1) is 20.3. The summed E-state index contributed by atoms with van der Waals surface area (Å²) in [4.78, 5) is 15.2. The first-order valence-corrected chi connectivity index (χ1v) is 10.4. The van der Waals surface area contributed by atoms with Crippen molar-refractivity contribution in [1.82, 2.24) is 10.3 Å². The maximum Gasteiger partial charge on any atom is 0.250 e. The zero-order chi connectivity index (χ0) is 19.6. The van der Waals surface area contributed by atoms with Crippen LogP contribution in [0.15, 0.2) is 42.6 Å². The van der Waals surface area contributed by atoms with E-state index in [1.165, 1.54) is 56.7 Å². The lowest BCUT2D eigenvalue weighted by Gasteiger charge is -2.21. The lowest BCUT2D eigenvalue weighted by Crippen LogP contribution is -2.19. The molecule has 0 saturated heterocycles. The Balaban J connectivity index is 1.33. The summed E-state index contributed by atoms with van der Waals surface area (Å²) in [6.45, 7) is 2.12. The fourth-order valence-electron chi connectivity index (χ4n) is 3.78. The Morgan fingerprint density at radius 1 is 1.07 bits per heavy atom. The van der Waals surface area contributed by atoms with Crippen molar-refractivity contribution in [1.29, 1.82) is 0 Å². The number of nitrogens with zero attached hydrogens (tertiary/aromatic N) is 1. The molecule has 1 aliphatic rings. The topological polar surface area (TPSA) is 77.2 Å². The third-order valence-electron chi connectivity index (χ3n) is 5.45. The Hall–Kier alpha value is -2.40. The van der Waals surface area contributed by atoms with E-state index in [2.05, 4.69) is 22.4 Å². The molecule has 1 heterocycles. The van der Waals surface area contributed by atoms with E-state index in [0.717, 1.165) is 31.2 Å². The number of primary amides is 1. The minimum absolute atomic E-state index is 0.369. The van der Waals surface area contributed by atoms with E-state index in [1.807, 2.05) is 12.1 Å². The minimum atomic E-state index is -0.494. The summed E-state index contributed by atoms with van der Waals surface area (Å²) < 4.78 is 5.70. The Kier molecular flexibility index (Phi) is 7.85. The van der Waals surface area contributed by atoms with Gasteiger partial charge in [0.25, 0.3) is 0 Å². The second kappa shape index (κ2) is 10.8. The Morgan fingerprint density at radius 3 is 2.54 bits per heavy atom. The van der Waals surface area contributed by atoms with Crippen LogP contribution in [0.1, 0.15) is 60.9 Å². The number of nitrogens with two attached hydrogens (primary N) is 1. The van der Waals surface area contributed by atoms with Crippen molar-refractivity contribution in [2.24, 2.45) is 11.7 Å². The van der Waals surface area contributed by atoms with Crippen molar-refractivity contribution in [2.75, 3.05) is 13.1 Å². The summed E-state index contributed by atoms with van der Waals surface area (Å²) in [7, 11) is 0. The van der Waals surface area contributed by atoms with Crippen LogP contribution in [0.25, 0.3) is 0 Å². The molecular weight excluding hydrogens is 350 g/mol. The first-order chi connectivity index (χ1) is 13.7. The number of carbonyl (C=O) groups is 1. The molecule has 3 N–H and O–H groups in total. The molecule has 1 aromatic carbocycles. The monoisotopic (exact) mass is 381 g/mol. The normalized spacial score (nSPS) is 14.7. The maximum absolute atomic E-state index is 11.1. The molecule has 0 radical (unpaired) electrons. The molecule has 0 spiro atoms. The second-order valence-electron chi connectivity index (χ2n) is 7.64. The zero-order valence-electron chi connectivity index (χ0n) is 16.5. The van der Waals surface area contributed by atoms with Gasteiger partial charge in [-0.1, -0.05) is 44.2 Å². The van der Waals surface area contributed by atoms with E-state index in [1.54, 1.807) is 12.1 Å². The molecule has 1 fully saturated rings. The van der Waals surface area contributed by atoms with Crippen molar-refractivity contribution in [3.05, 3.63) is 53.7 Å². The third kappa shape index (κ3) is 6.64. The predicted molar refractivity (Wildman–Crippen MR) is 112 cm³/mol. The Labute approximate surface area is 167 Å². The van der Waals surface area contributed by atoms with Crippen LogP contribution in [-0.4, -0.2) is 24.0 Å². The van der Waals surface area contributed by atoms with Crippen LogP contribution in [0.2, 0.25) is 0 Å². The highest BCUT2D eigenvalue weighted by molar-refractivity contribution is 5.92. The van der Waals surface area contributed by atoms with E-state index in [4.69, 9.17) is 10.5 Å². The molecule has 150 valence electrons. The minimum Gasteiger partial charge on any atom is -0.439 e. The van der Waals surface area contributed by atoms with Crippen molar-refractivity contribution in [2.45, 2.75) is 51.4 Å². The van der Waals surface area contributed by atoms with E-state index in [-0.39, 0.29) is 0 Å². The number of ether oxygens (including phenoxy) is 1. The molecule has 0 unspecified atom stereocenters. The van der Waals surface area contributed by atoms with Crippen LogP contribution in [-0.2, 0) is 6.42 Å². The first-order valence-electron chi connectivity index (χ1n) is 10.4. The summed E-state index contributed by atoms with van der Waals surface area (Å²) >= 11 is 0. The molecule has 5 nitrogen and oxygen atoms in total. The fraction of sp³-hybridized carbons (Fsp3) is 0.478. The van der Waals surface area contributed by atoms with Gasteiger partial charge in [-0.2, -0.15) is 0 Å². The lowest BCUT2D eigenvalue weighted by molar-refractivity contribution is 0.1000. The van der Waals surface area contributed by atoms with Gasteiger partial charge in [0.2, 0.25) is 11.8 Å². The molecule has 0 bridgehead atoms. The van der Waals surface area contributed by atoms with Gasteiger partial charge in [-0.15, -0.1) is 0 Å². The van der Waals surface area contributed by atoms with Crippen LogP contribution in [0.3, 0.4) is 0 Å². The summed E-state index contributed by atoms with van der Waals surface area (Å²) in [5.41, 5.74) is 6.86. The summed E-state index contributed by atoms with van der Waals surface area (Å²) in [6, 6.07) is 11.3. The van der Waals surface area contributed by atoms with E-state index >= 15 is 0 Å². The number of carbonyl (C=O) groups excluding carboxylic acids is 1. The molecular formula is C23H31N3O2. The number of hydrogen-bond acceptors (Lipinski definition) is 4. The fourth-order valence-corrected chi connectivity index (χ4v) is 3.78. The van der Waals surface area contributed by atoms with Gasteiger partial charge in [-0.3, -0.25) is 4.79 Å². The van der Waals surface area contributed by atoms with Crippen LogP contribution in [0.5, 0.6) is 11.6 Å². The standard InChI is InChI=1S/C23H31N3O2/c24-23(27)20-10-13-22(26-17-20)28-21-11-8-19(9-12-21)14-16-25-15-4-7-18-5-2-1-3-6-18/h8-13,17-18,25H,1-7,14-16H2,(H2,24,27). The number of pyridine rings is 1. The average Bonchev–Trinajstić information content (AvgIpc) is 2.73. The van der Waals surface area contributed by atoms with Gasteiger partial charge in [0.05, 0.1) is 5.56 Å². The highest BCUT2D eigenvalue weighted by atomic mass is 16.5. The van der Waals surface area contributed by atoms with Gasteiger partial charge < -0.3 is 15.8 Å². The van der Waals surface area contributed by atoms with Crippen LogP contribution in [0, 0.1) is 5.92 Å². The van der Waals surface area contributed by atoms with Gasteiger partial charge in [0.15, 0.2) is 0 Å². The number of amides is 1. The molecule has 2 aromatic rings. The van der Waals surface area contributed by atoms with Crippen molar-refractivity contribution >= 4 is 5.91 Å². The SMILES string of the molecule is NC(=O)c1ccc(Oc2ccc(CCNCCCC3CCCCC3)cc2)nc1. The number of rotatable bonds is 10. The van der Waals surface area contributed by atoms with Crippen molar-refractivity contribution in [3.8, 4) is 11.6 Å². The summed E-state index contributed by atoms with van der Waals surface area (Å²) in [6.07, 6.45) is 12.3. The summed E-state index contributed by atoms with van der Waals surface area (Å²) in [5, 5.41) is 3.56. The molecule has 1 amide bonds. The number of nitrogens with one attached hydrogen (secondary N) is 1. The maximum atomic E-state index is 11.1. The van der Waals surface area contributed by atoms with Crippen molar-refractivity contribution in [3.63, 3.8) is 0 Å². The van der Waals surface area contributed by atoms with E-state index in [0.29, 0.717) is 11.4 Å². The predicted octanol–water partition coefficient (Wildman–Crippen LogP) is 4.47. The largest absolute Gasteiger partial charge is 0.439 e. The van der Waals surface area contributed by atoms with E-state index < -0.39 is 5.91 Å². The Bertz CT molecular complexity index is 723. The van der Waals surface area contributed by atoms with E-state index in [9.17, 15) is 4.79 Å². The second-order valence-corrected chi connectivity index (χ2v) is 7.64. The molecule has 0 aliphatic heterocycles. The van der Waals surface area contributed by atoms with Crippen molar-refractivity contribution < 1.29 is 9.53 Å². The van der Waals surface area contributed by atoms with Crippen LogP contribution >= 0.6 is 0 Å². The quantitative estimate of drug-likeness (QED) is 0.596. The molecule has 1 saturated carbocycles.